The second kappa shape index (κ2) is 5.57. The smallest absolute Gasteiger partial charge is 0.0353 e. The molecule has 1 N–H and O–H groups in total. The fourth-order valence-electron chi connectivity index (χ4n) is 2.23. The molecule has 1 unspecified atom stereocenters. The lowest BCUT2D eigenvalue weighted by Gasteiger charge is -2.23. The van der Waals surface area contributed by atoms with Crippen molar-refractivity contribution < 1.29 is 8.76 Å². The highest BCUT2D eigenvalue weighted by Crippen LogP contribution is 2.25. The highest BCUT2D eigenvalue weighted by atomic mass is 32.2. The van der Waals surface area contributed by atoms with Gasteiger partial charge < -0.3 is 9.87 Å². The van der Waals surface area contributed by atoms with Crippen LogP contribution in [0.25, 0.3) is 0 Å². The lowest BCUT2D eigenvalue weighted by molar-refractivity contribution is 0.460. The van der Waals surface area contributed by atoms with Gasteiger partial charge in [0, 0.05) is 5.75 Å². The van der Waals surface area contributed by atoms with E-state index in [0.29, 0.717) is 5.92 Å². The van der Waals surface area contributed by atoms with E-state index in [4.69, 9.17) is 0 Å². The van der Waals surface area contributed by atoms with Gasteiger partial charge in [0.2, 0.25) is 0 Å². The third-order valence-electron chi connectivity index (χ3n) is 3.05. The topological polar surface area (TPSA) is 52.2 Å². The fourth-order valence-corrected chi connectivity index (χ4v) is 2.68. The Kier molecular flexibility index (Phi) is 4.09. The molecule has 0 aliphatic carbocycles. The summed E-state index contributed by atoms with van der Waals surface area (Å²) in [7, 11) is 0. The molecule has 1 heterocycles. The minimum atomic E-state index is -1.99. The maximum atomic E-state index is 10.6. The van der Waals surface area contributed by atoms with E-state index in [1.165, 1.54) is 5.56 Å². The molecule has 1 saturated heterocycles. The molecular weight excluding hydrogens is 222 g/mol. The highest BCUT2D eigenvalue weighted by Gasteiger charge is 2.14. The van der Waals surface area contributed by atoms with Crippen molar-refractivity contribution in [3.05, 3.63) is 35.4 Å². The summed E-state index contributed by atoms with van der Waals surface area (Å²) < 4.78 is 21.3. The second-order valence-corrected chi connectivity index (χ2v) is 5.11. The SMILES string of the molecule is O=S([O-])Cc1cccc(C2CCNCC2)c1. The summed E-state index contributed by atoms with van der Waals surface area (Å²) in [6, 6.07) is 7.97. The van der Waals surface area contributed by atoms with Gasteiger partial charge in [0.1, 0.15) is 0 Å². The Morgan fingerprint density at radius 3 is 2.81 bits per heavy atom. The molecule has 1 aromatic rings. The third-order valence-corrected chi connectivity index (χ3v) is 3.62. The maximum absolute atomic E-state index is 10.6. The van der Waals surface area contributed by atoms with Crippen LogP contribution in [0.1, 0.15) is 29.9 Å². The number of benzene rings is 1. The van der Waals surface area contributed by atoms with Crippen molar-refractivity contribution in [3.8, 4) is 0 Å². The summed E-state index contributed by atoms with van der Waals surface area (Å²) in [5, 5.41) is 3.33. The van der Waals surface area contributed by atoms with Gasteiger partial charge in [0.15, 0.2) is 0 Å². The Morgan fingerprint density at radius 2 is 2.12 bits per heavy atom. The summed E-state index contributed by atoms with van der Waals surface area (Å²) in [6.07, 6.45) is 2.29. The van der Waals surface area contributed by atoms with Crippen LogP contribution in [-0.4, -0.2) is 21.9 Å². The lowest BCUT2D eigenvalue weighted by atomic mass is 9.89. The van der Waals surface area contributed by atoms with E-state index in [9.17, 15) is 8.76 Å². The largest absolute Gasteiger partial charge is 0.772 e. The molecule has 0 amide bonds. The Hall–Kier alpha value is -0.710. The van der Waals surface area contributed by atoms with Crippen LogP contribution < -0.4 is 5.32 Å². The quantitative estimate of drug-likeness (QED) is 0.813. The first-order chi connectivity index (χ1) is 7.75. The van der Waals surface area contributed by atoms with E-state index >= 15 is 0 Å². The zero-order valence-corrected chi connectivity index (χ0v) is 9.96. The van der Waals surface area contributed by atoms with E-state index in [0.717, 1.165) is 31.5 Å². The zero-order chi connectivity index (χ0) is 11.4. The van der Waals surface area contributed by atoms with Crippen LogP contribution in [0.15, 0.2) is 24.3 Å². The minimum absolute atomic E-state index is 0.124. The lowest BCUT2D eigenvalue weighted by Crippen LogP contribution is -2.26. The normalized spacial score (nSPS) is 19.6. The van der Waals surface area contributed by atoms with Gasteiger partial charge in [-0.15, -0.1) is 0 Å². The van der Waals surface area contributed by atoms with Crippen LogP contribution >= 0.6 is 0 Å². The number of hydrogen-bond acceptors (Lipinski definition) is 3. The molecule has 1 fully saturated rings. The van der Waals surface area contributed by atoms with Gasteiger partial charge in [-0.2, -0.15) is 0 Å². The van der Waals surface area contributed by atoms with E-state index in [2.05, 4.69) is 11.4 Å². The number of piperidine rings is 1. The van der Waals surface area contributed by atoms with Crippen LogP contribution in [0.5, 0.6) is 0 Å². The Labute approximate surface area is 98.5 Å². The summed E-state index contributed by atoms with van der Waals surface area (Å²) in [4.78, 5) is 0. The Balaban J connectivity index is 2.11. The molecule has 0 saturated carbocycles. The molecule has 1 aromatic carbocycles. The molecule has 1 aliphatic rings. The highest BCUT2D eigenvalue weighted by molar-refractivity contribution is 7.78. The average molecular weight is 238 g/mol. The van der Waals surface area contributed by atoms with Gasteiger partial charge in [-0.1, -0.05) is 35.3 Å². The standard InChI is InChI=1S/C12H17NO2S/c14-16(15)9-10-2-1-3-12(8-10)11-4-6-13-7-5-11/h1-3,8,11,13H,4-7,9H2,(H,14,15)/p-1. The molecule has 0 aromatic heterocycles. The number of hydrogen-bond donors (Lipinski definition) is 1. The first-order valence-electron chi connectivity index (χ1n) is 5.61. The summed E-state index contributed by atoms with van der Waals surface area (Å²) in [6.45, 7) is 2.12. The molecule has 1 aliphatic heterocycles. The van der Waals surface area contributed by atoms with Crippen molar-refractivity contribution in [3.63, 3.8) is 0 Å². The molecule has 0 radical (unpaired) electrons. The van der Waals surface area contributed by atoms with Crippen LogP contribution in [0, 0.1) is 0 Å². The molecule has 1 atom stereocenters. The molecule has 88 valence electrons. The van der Waals surface area contributed by atoms with Crippen molar-refractivity contribution in [1.29, 1.82) is 0 Å². The van der Waals surface area contributed by atoms with Crippen molar-refractivity contribution >= 4 is 11.1 Å². The molecule has 2 rings (SSSR count). The van der Waals surface area contributed by atoms with Gasteiger partial charge in [-0.25, -0.2) is 0 Å². The van der Waals surface area contributed by atoms with Crippen molar-refractivity contribution in [2.24, 2.45) is 0 Å². The third kappa shape index (κ3) is 3.14. The van der Waals surface area contributed by atoms with E-state index in [1.807, 2.05) is 18.2 Å². The second-order valence-electron chi connectivity index (χ2n) is 4.22. The molecule has 0 bridgehead atoms. The van der Waals surface area contributed by atoms with Crippen LogP contribution in [0.4, 0.5) is 0 Å². The van der Waals surface area contributed by atoms with E-state index < -0.39 is 11.1 Å². The Morgan fingerprint density at radius 1 is 1.38 bits per heavy atom. The van der Waals surface area contributed by atoms with Crippen molar-refractivity contribution in [1.82, 2.24) is 5.32 Å². The molecule has 3 nitrogen and oxygen atoms in total. The maximum Gasteiger partial charge on any atom is 0.0353 e. The fraction of sp³-hybridized carbons (Fsp3) is 0.500. The van der Waals surface area contributed by atoms with Crippen molar-refractivity contribution in [2.75, 3.05) is 13.1 Å². The van der Waals surface area contributed by atoms with Gasteiger partial charge in [0.05, 0.1) is 0 Å². The van der Waals surface area contributed by atoms with E-state index in [-0.39, 0.29) is 5.75 Å². The Bertz CT molecular complexity index is 375. The summed E-state index contributed by atoms with van der Waals surface area (Å²) in [5.74, 6) is 0.708. The summed E-state index contributed by atoms with van der Waals surface area (Å²) >= 11 is -1.99. The van der Waals surface area contributed by atoms with E-state index in [1.54, 1.807) is 0 Å². The van der Waals surface area contributed by atoms with Gasteiger partial charge in [-0.05, 0) is 43.0 Å². The molecular formula is C12H16NO2S-. The molecule has 4 heteroatoms. The number of rotatable bonds is 3. The van der Waals surface area contributed by atoms with Crippen LogP contribution in [0.3, 0.4) is 0 Å². The van der Waals surface area contributed by atoms with Gasteiger partial charge in [0.25, 0.3) is 0 Å². The average Bonchev–Trinajstić information content (AvgIpc) is 2.30. The van der Waals surface area contributed by atoms with Crippen molar-refractivity contribution in [2.45, 2.75) is 24.5 Å². The van der Waals surface area contributed by atoms with Gasteiger partial charge in [-0.3, -0.25) is 4.21 Å². The predicted octanol–water partition coefficient (Wildman–Crippen LogP) is 1.53. The minimum Gasteiger partial charge on any atom is -0.772 e. The van der Waals surface area contributed by atoms with Crippen LogP contribution in [0.2, 0.25) is 0 Å². The molecule has 0 spiro atoms. The zero-order valence-electron chi connectivity index (χ0n) is 9.15. The first-order valence-corrected chi connectivity index (χ1v) is 6.85. The van der Waals surface area contributed by atoms with Crippen LogP contribution in [-0.2, 0) is 16.8 Å². The summed E-state index contributed by atoms with van der Waals surface area (Å²) in [5.41, 5.74) is 2.17. The first kappa shape index (κ1) is 11.8. The number of nitrogens with one attached hydrogen (secondary N) is 1. The monoisotopic (exact) mass is 238 g/mol. The molecule has 16 heavy (non-hydrogen) atoms. The van der Waals surface area contributed by atoms with Gasteiger partial charge >= 0.3 is 0 Å². The predicted molar refractivity (Wildman–Crippen MR) is 63.9 cm³/mol.